The maximum Gasteiger partial charge on any atom is 0.439 e. The molecule has 0 bridgehead atoms. The molecule has 0 saturated heterocycles. The number of aryl methyl sites for hydroxylation is 1. The van der Waals surface area contributed by atoms with Crippen LogP contribution in [0.5, 0.6) is 6.01 Å². The third-order valence-electron chi connectivity index (χ3n) is 4.95. The summed E-state index contributed by atoms with van der Waals surface area (Å²) in [5, 5.41) is 3.54. The van der Waals surface area contributed by atoms with Gasteiger partial charge in [-0.1, -0.05) is 75.7 Å². The van der Waals surface area contributed by atoms with E-state index in [1.807, 2.05) is 49.4 Å². The Balaban J connectivity index is 0.000000203. The van der Waals surface area contributed by atoms with Crippen molar-refractivity contribution in [1.29, 1.82) is 0 Å². The number of imidazole rings is 1. The monoisotopic (exact) mass is 550 g/mol. The number of fused-ring (bicyclic) bond motifs is 1. The van der Waals surface area contributed by atoms with E-state index >= 15 is 0 Å². The van der Waals surface area contributed by atoms with Crippen molar-refractivity contribution in [2.75, 3.05) is 6.61 Å². The van der Waals surface area contributed by atoms with Crippen LogP contribution in [0.1, 0.15) is 18.1 Å². The molecule has 0 radical (unpaired) electrons. The second kappa shape index (κ2) is 13.0. The molecule has 10 heteroatoms. The van der Waals surface area contributed by atoms with Crippen molar-refractivity contribution >= 4 is 33.1 Å². The van der Waals surface area contributed by atoms with Gasteiger partial charge in [-0.15, -0.1) is 0 Å². The van der Waals surface area contributed by atoms with Crippen LogP contribution in [0.4, 0.5) is 0 Å². The van der Waals surface area contributed by atoms with E-state index in [1.165, 1.54) is 11.1 Å². The topological polar surface area (TPSA) is 120 Å². The van der Waals surface area contributed by atoms with Gasteiger partial charge in [0.2, 0.25) is 0 Å². The van der Waals surface area contributed by atoms with E-state index in [0.717, 1.165) is 27.6 Å². The van der Waals surface area contributed by atoms with Crippen LogP contribution in [0.3, 0.4) is 0 Å². The molecule has 5 rings (SSSR count). The highest BCUT2D eigenvalue weighted by Gasteiger charge is 2.13. The number of aromatic nitrogens is 4. The van der Waals surface area contributed by atoms with Crippen LogP contribution in [0, 0.1) is 6.92 Å². The van der Waals surface area contributed by atoms with E-state index in [0.29, 0.717) is 18.4 Å². The quantitative estimate of drug-likeness (QED) is 0.326. The predicted octanol–water partition coefficient (Wildman–Crippen LogP) is 5.00. The fourth-order valence-electron chi connectivity index (χ4n) is 3.45. The SMILES string of the molecule is CCOc1nc2cccc(C)c2n1Cc1ccc(Br)cc1.O=C=O.O=c1[nH]c(-c2ccccc2)no1. The summed E-state index contributed by atoms with van der Waals surface area (Å²) in [5.74, 6) is -0.0746. The molecule has 0 aliphatic rings. The highest BCUT2D eigenvalue weighted by molar-refractivity contribution is 9.10. The molecule has 0 spiro atoms. The van der Waals surface area contributed by atoms with Crippen LogP contribution < -0.4 is 10.5 Å². The number of aromatic amines is 1. The van der Waals surface area contributed by atoms with Crippen LogP contribution in [-0.4, -0.2) is 32.5 Å². The number of hydrogen-bond acceptors (Lipinski definition) is 7. The van der Waals surface area contributed by atoms with Gasteiger partial charge in [0, 0.05) is 10.0 Å². The lowest BCUT2D eigenvalue weighted by molar-refractivity contribution is -0.191. The maximum atomic E-state index is 10.6. The zero-order valence-electron chi connectivity index (χ0n) is 19.6. The Bertz CT molecular complexity index is 1480. The molecule has 36 heavy (non-hydrogen) atoms. The van der Waals surface area contributed by atoms with E-state index in [9.17, 15) is 4.79 Å². The van der Waals surface area contributed by atoms with Crippen molar-refractivity contribution < 1.29 is 18.8 Å². The lowest BCUT2D eigenvalue weighted by atomic mass is 10.2. The lowest BCUT2D eigenvalue weighted by Gasteiger charge is -2.10. The molecule has 0 fully saturated rings. The molecule has 1 N–H and O–H groups in total. The van der Waals surface area contributed by atoms with E-state index in [4.69, 9.17) is 14.3 Å². The minimum Gasteiger partial charge on any atom is -0.465 e. The number of hydrogen-bond donors (Lipinski definition) is 1. The zero-order chi connectivity index (χ0) is 25.9. The highest BCUT2D eigenvalue weighted by atomic mass is 79.9. The average molecular weight is 551 g/mol. The van der Waals surface area contributed by atoms with Gasteiger partial charge in [-0.05, 0) is 43.2 Å². The third-order valence-corrected chi connectivity index (χ3v) is 5.48. The number of benzene rings is 3. The summed E-state index contributed by atoms with van der Waals surface area (Å²) in [6.07, 6.45) is 0.250. The summed E-state index contributed by atoms with van der Waals surface area (Å²) in [7, 11) is 0. The number of para-hydroxylation sites is 1. The van der Waals surface area contributed by atoms with Gasteiger partial charge < -0.3 is 4.74 Å². The fourth-order valence-corrected chi connectivity index (χ4v) is 3.72. The standard InChI is InChI=1S/C17H17BrN2O.C8H6N2O2.CO2/c1-3-21-17-19-15-6-4-5-12(2)16(15)20(17)11-13-7-9-14(18)10-8-13;11-8-9-7(10-12-8)6-4-2-1-3-5-6;2-1-3/h4-10H,3,11H2,1-2H3;1-5H,(H,9,10,11);. The van der Waals surface area contributed by atoms with Gasteiger partial charge in [0.05, 0.1) is 24.2 Å². The van der Waals surface area contributed by atoms with E-state index in [1.54, 1.807) is 0 Å². The van der Waals surface area contributed by atoms with Gasteiger partial charge in [0.1, 0.15) is 0 Å². The minimum absolute atomic E-state index is 0.250. The number of ether oxygens (including phenoxy) is 1. The molecule has 0 unspecified atom stereocenters. The van der Waals surface area contributed by atoms with Gasteiger partial charge in [0.25, 0.3) is 6.01 Å². The molecule has 0 aliphatic heterocycles. The molecule has 0 amide bonds. The molecule has 184 valence electrons. The van der Waals surface area contributed by atoms with Crippen LogP contribution in [0.15, 0.2) is 86.6 Å². The molecular formula is C26H23BrN4O5. The van der Waals surface area contributed by atoms with E-state index in [-0.39, 0.29) is 6.15 Å². The van der Waals surface area contributed by atoms with Crippen molar-refractivity contribution in [2.24, 2.45) is 0 Å². The maximum absolute atomic E-state index is 10.6. The number of nitrogens with one attached hydrogen (secondary N) is 1. The molecule has 0 atom stereocenters. The summed E-state index contributed by atoms with van der Waals surface area (Å²) in [5.41, 5.74) is 5.40. The Morgan fingerprint density at radius 2 is 1.72 bits per heavy atom. The van der Waals surface area contributed by atoms with Crippen LogP contribution in [0.2, 0.25) is 0 Å². The minimum atomic E-state index is -0.533. The molecule has 5 aromatic rings. The van der Waals surface area contributed by atoms with Gasteiger partial charge in [0.15, 0.2) is 5.82 Å². The number of carbonyl (C=O) groups excluding carboxylic acids is 2. The average Bonchev–Trinajstić information content (AvgIpc) is 3.47. The van der Waals surface area contributed by atoms with E-state index < -0.39 is 5.76 Å². The number of nitrogens with zero attached hydrogens (tertiary/aromatic N) is 3. The summed E-state index contributed by atoms with van der Waals surface area (Å²) in [4.78, 5) is 33.9. The van der Waals surface area contributed by atoms with Crippen LogP contribution in [0.25, 0.3) is 22.4 Å². The smallest absolute Gasteiger partial charge is 0.439 e. The third kappa shape index (κ3) is 6.88. The normalized spacial score (nSPS) is 9.97. The summed E-state index contributed by atoms with van der Waals surface area (Å²) < 4.78 is 13.3. The second-order valence-electron chi connectivity index (χ2n) is 7.38. The first-order chi connectivity index (χ1) is 17.5. The number of H-pyrrole nitrogens is 1. The zero-order valence-corrected chi connectivity index (χ0v) is 21.2. The fraction of sp³-hybridized carbons (Fsp3) is 0.154. The van der Waals surface area contributed by atoms with E-state index in [2.05, 4.69) is 77.4 Å². The molecular weight excluding hydrogens is 528 g/mol. The molecule has 9 nitrogen and oxygen atoms in total. The Kier molecular flexibility index (Phi) is 9.50. The van der Waals surface area contributed by atoms with Crippen molar-refractivity contribution in [3.63, 3.8) is 0 Å². The summed E-state index contributed by atoms with van der Waals surface area (Å²) in [6.45, 7) is 5.46. The van der Waals surface area contributed by atoms with Gasteiger partial charge in [-0.25, -0.2) is 4.79 Å². The Morgan fingerprint density at radius 3 is 2.33 bits per heavy atom. The Labute approximate surface area is 214 Å². The molecule has 2 aromatic heterocycles. The first kappa shape index (κ1) is 26.3. The highest BCUT2D eigenvalue weighted by Crippen LogP contribution is 2.26. The first-order valence-electron chi connectivity index (χ1n) is 10.9. The Hall–Kier alpha value is -4.27. The second-order valence-corrected chi connectivity index (χ2v) is 8.29. The summed E-state index contributed by atoms with van der Waals surface area (Å²) >= 11 is 3.47. The van der Waals surface area contributed by atoms with Crippen molar-refractivity contribution in [2.45, 2.75) is 20.4 Å². The molecule has 2 heterocycles. The Morgan fingerprint density at radius 1 is 1.03 bits per heavy atom. The first-order valence-corrected chi connectivity index (χ1v) is 11.7. The number of rotatable bonds is 5. The number of halogens is 1. The van der Waals surface area contributed by atoms with Gasteiger partial charge in [-0.3, -0.25) is 14.1 Å². The van der Waals surface area contributed by atoms with Crippen LogP contribution in [-0.2, 0) is 16.1 Å². The lowest BCUT2D eigenvalue weighted by Crippen LogP contribution is -2.05. The van der Waals surface area contributed by atoms with Gasteiger partial charge in [-0.2, -0.15) is 14.6 Å². The van der Waals surface area contributed by atoms with Crippen molar-refractivity contribution in [3.05, 3.63) is 98.9 Å². The predicted molar refractivity (Wildman–Crippen MR) is 136 cm³/mol. The molecule has 3 aromatic carbocycles. The van der Waals surface area contributed by atoms with Crippen molar-refractivity contribution in [3.8, 4) is 17.4 Å². The van der Waals surface area contributed by atoms with Gasteiger partial charge >= 0.3 is 11.9 Å². The molecule has 0 saturated carbocycles. The molecule has 0 aliphatic carbocycles. The summed E-state index contributed by atoms with van der Waals surface area (Å²) in [6, 6.07) is 24.5. The largest absolute Gasteiger partial charge is 0.465 e. The van der Waals surface area contributed by atoms with Crippen molar-refractivity contribution in [1.82, 2.24) is 19.7 Å². The van der Waals surface area contributed by atoms with Crippen LogP contribution >= 0.6 is 15.9 Å².